The molecule has 0 saturated carbocycles. The largest absolute Gasteiger partial charge is 0.454 e. The molecule has 3 aliphatic rings. The molecule has 13 heteroatoms. The summed E-state index contributed by atoms with van der Waals surface area (Å²) in [5, 5.41) is 2.87. The third kappa shape index (κ3) is 5.31. The maximum Gasteiger partial charge on any atom is 0.243 e. The number of hydrogen-bond acceptors (Lipinski definition) is 9. The Hall–Kier alpha value is -3.81. The smallest absolute Gasteiger partial charge is 0.243 e. The number of benzene rings is 2. The lowest BCUT2D eigenvalue weighted by Gasteiger charge is -2.27. The summed E-state index contributed by atoms with van der Waals surface area (Å²) < 4.78 is 57.4. The summed E-state index contributed by atoms with van der Waals surface area (Å²) in [7, 11) is -3.96. The predicted octanol–water partition coefficient (Wildman–Crippen LogP) is 2.32. The fourth-order valence-electron chi connectivity index (χ4n) is 5.01. The molecule has 11 nitrogen and oxygen atoms in total. The topological polar surface area (TPSA) is 123 Å². The molecule has 0 radical (unpaired) electrons. The molecule has 210 valence electrons. The van der Waals surface area contributed by atoms with Crippen LogP contribution in [0.1, 0.15) is 18.5 Å². The van der Waals surface area contributed by atoms with E-state index in [0.717, 1.165) is 17.7 Å². The van der Waals surface area contributed by atoms with Crippen LogP contribution in [0.15, 0.2) is 53.4 Å². The lowest BCUT2D eigenvalue weighted by molar-refractivity contribution is -0.124. The first-order valence-electron chi connectivity index (χ1n) is 13.0. The van der Waals surface area contributed by atoms with Crippen LogP contribution in [0.25, 0.3) is 11.3 Å². The molecule has 2 aromatic carbocycles. The summed E-state index contributed by atoms with van der Waals surface area (Å²) in [4.78, 5) is 24.7. The highest BCUT2D eigenvalue weighted by Crippen LogP contribution is 2.36. The van der Waals surface area contributed by atoms with Crippen molar-refractivity contribution in [3.8, 4) is 22.8 Å². The van der Waals surface area contributed by atoms with Gasteiger partial charge in [-0.05, 0) is 61.4 Å². The number of fused-ring (bicyclic) bond motifs is 1. The van der Waals surface area contributed by atoms with Gasteiger partial charge in [0.15, 0.2) is 11.5 Å². The summed E-state index contributed by atoms with van der Waals surface area (Å²) in [6.07, 6.45) is 0.930. The SMILES string of the molecule is O=C(NCc1cc(-c2ccc3c(c2)OCO3)nc(N2CCOCC2)n1)C1CCCN1S(=O)(=O)c1ccc(F)cc1. The van der Waals surface area contributed by atoms with Crippen molar-refractivity contribution in [3.05, 3.63) is 60.0 Å². The highest BCUT2D eigenvalue weighted by atomic mass is 32.2. The van der Waals surface area contributed by atoms with Crippen LogP contribution in [0, 0.1) is 5.82 Å². The number of nitrogens with zero attached hydrogens (tertiary/aromatic N) is 4. The number of amides is 1. The third-order valence-electron chi connectivity index (χ3n) is 7.10. The Kier molecular flexibility index (Phi) is 7.26. The monoisotopic (exact) mass is 569 g/mol. The van der Waals surface area contributed by atoms with Crippen molar-refractivity contribution in [2.24, 2.45) is 0 Å². The normalized spacial score (nSPS) is 19.1. The number of anilines is 1. The van der Waals surface area contributed by atoms with Gasteiger partial charge in [0, 0.05) is 25.2 Å². The van der Waals surface area contributed by atoms with Gasteiger partial charge in [-0.15, -0.1) is 0 Å². The molecule has 4 heterocycles. The van der Waals surface area contributed by atoms with Gasteiger partial charge in [-0.3, -0.25) is 4.79 Å². The molecular formula is C27H28FN5O6S. The van der Waals surface area contributed by atoms with Gasteiger partial charge in [-0.25, -0.2) is 22.8 Å². The van der Waals surface area contributed by atoms with Crippen molar-refractivity contribution in [1.29, 1.82) is 0 Å². The molecular weight excluding hydrogens is 541 g/mol. The van der Waals surface area contributed by atoms with Gasteiger partial charge in [0.1, 0.15) is 11.9 Å². The van der Waals surface area contributed by atoms with Crippen molar-refractivity contribution in [2.75, 3.05) is 44.5 Å². The minimum absolute atomic E-state index is 0.0482. The molecule has 2 fully saturated rings. The first kappa shape index (κ1) is 26.4. The number of rotatable bonds is 7. The maximum absolute atomic E-state index is 13.4. The average Bonchev–Trinajstić information content (AvgIpc) is 3.67. The molecule has 2 saturated heterocycles. The standard InChI is InChI=1S/C27H28FN5O6S/c28-19-4-6-21(7-5-19)40(35,36)33-9-1-2-23(33)26(34)29-16-20-15-22(18-3-8-24-25(14-18)39-17-38-24)31-27(30-20)32-10-12-37-13-11-32/h3-8,14-15,23H,1-2,9-13,16-17H2,(H,29,34). The minimum atomic E-state index is -3.96. The summed E-state index contributed by atoms with van der Waals surface area (Å²) >= 11 is 0. The number of hydrogen-bond donors (Lipinski definition) is 1. The lowest BCUT2D eigenvalue weighted by atomic mass is 10.1. The molecule has 40 heavy (non-hydrogen) atoms. The second-order valence-corrected chi connectivity index (χ2v) is 11.5. The molecule has 1 unspecified atom stereocenters. The van der Waals surface area contributed by atoms with Crippen molar-refractivity contribution in [2.45, 2.75) is 30.3 Å². The van der Waals surface area contributed by atoms with E-state index in [4.69, 9.17) is 24.2 Å². The molecule has 3 aliphatic heterocycles. The summed E-state index contributed by atoms with van der Waals surface area (Å²) in [6, 6.07) is 11.1. The second-order valence-electron chi connectivity index (χ2n) is 9.66. The molecule has 1 amide bonds. The van der Waals surface area contributed by atoms with E-state index >= 15 is 0 Å². The Labute approximate surface area is 230 Å². The summed E-state index contributed by atoms with van der Waals surface area (Å²) in [5.74, 6) is 0.859. The van der Waals surface area contributed by atoms with Gasteiger partial charge in [-0.2, -0.15) is 4.31 Å². The summed E-state index contributed by atoms with van der Waals surface area (Å²) in [6.45, 7) is 2.84. The van der Waals surface area contributed by atoms with E-state index in [1.807, 2.05) is 23.1 Å². The third-order valence-corrected chi connectivity index (χ3v) is 9.02. The zero-order valence-electron chi connectivity index (χ0n) is 21.6. The van der Waals surface area contributed by atoms with E-state index in [0.29, 0.717) is 68.0 Å². The van der Waals surface area contributed by atoms with Gasteiger partial charge in [-0.1, -0.05) is 0 Å². The molecule has 1 atom stereocenters. The zero-order valence-corrected chi connectivity index (χ0v) is 22.4. The predicted molar refractivity (Wildman–Crippen MR) is 142 cm³/mol. The fraction of sp³-hybridized carbons (Fsp3) is 0.370. The molecule has 0 bridgehead atoms. The van der Waals surface area contributed by atoms with Gasteiger partial charge in [0.05, 0.1) is 36.0 Å². The van der Waals surface area contributed by atoms with Gasteiger partial charge in [0.25, 0.3) is 0 Å². The molecule has 1 N–H and O–H groups in total. The van der Waals surface area contributed by atoms with Crippen LogP contribution in [-0.2, 0) is 26.1 Å². The van der Waals surface area contributed by atoms with Crippen LogP contribution >= 0.6 is 0 Å². The Morgan fingerprint density at radius 3 is 2.58 bits per heavy atom. The maximum atomic E-state index is 13.4. The van der Waals surface area contributed by atoms with Crippen LogP contribution in [0.2, 0.25) is 0 Å². The number of sulfonamides is 1. The molecule has 1 aromatic heterocycles. The quantitative estimate of drug-likeness (QED) is 0.457. The molecule has 0 spiro atoms. The van der Waals surface area contributed by atoms with Crippen LogP contribution in [0.4, 0.5) is 10.3 Å². The van der Waals surface area contributed by atoms with Gasteiger partial charge in [0.2, 0.25) is 28.7 Å². The van der Waals surface area contributed by atoms with E-state index in [1.54, 1.807) is 6.07 Å². The van der Waals surface area contributed by atoms with Crippen molar-refractivity contribution in [3.63, 3.8) is 0 Å². The van der Waals surface area contributed by atoms with Crippen LogP contribution in [0.5, 0.6) is 11.5 Å². The van der Waals surface area contributed by atoms with Gasteiger partial charge < -0.3 is 24.4 Å². The minimum Gasteiger partial charge on any atom is -0.454 e. The Bertz CT molecular complexity index is 1510. The number of carbonyl (C=O) groups excluding carboxylic acids is 1. The van der Waals surface area contributed by atoms with Gasteiger partial charge >= 0.3 is 0 Å². The Morgan fingerprint density at radius 2 is 1.77 bits per heavy atom. The van der Waals surface area contributed by atoms with Crippen molar-refractivity contribution >= 4 is 21.9 Å². The lowest BCUT2D eigenvalue weighted by Crippen LogP contribution is -2.45. The second kappa shape index (κ2) is 11.0. The number of morpholine rings is 1. The zero-order chi connectivity index (χ0) is 27.7. The molecule has 0 aliphatic carbocycles. The highest BCUT2D eigenvalue weighted by Gasteiger charge is 2.39. The average molecular weight is 570 g/mol. The van der Waals surface area contributed by atoms with Crippen LogP contribution < -0.4 is 19.7 Å². The van der Waals surface area contributed by atoms with E-state index in [-0.39, 0.29) is 24.8 Å². The Balaban J connectivity index is 1.23. The van der Waals surface area contributed by atoms with E-state index in [2.05, 4.69) is 5.32 Å². The molecule has 3 aromatic rings. The highest BCUT2D eigenvalue weighted by molar-refractivity contribution is 7.89. The number of ether oxygens (including phenoxy) is 3. The first-order chi connectivity index (χ1) is 19.4. The molecule has 6 rings (SSSR count). The number of halogens is 1. The van der Waals surface area contributed by atoms with E-state index < -0.39 is 27.8 Å². The number of carbonyl (C=O) groups is 1. The first-order valence-corrected chi connectivity index (χ1v) is 14.5. The van der Waals surface area contributed by atoms with Crippen LogP contribution in [0.3, 0.4) is 0 Å². The van der Waals surface area contributed by atoms with Crippen molar-refractivity contribution < 1.29 is 31.8 Å². The van der Waals surface area contributed by atoms with Crippen LogP contribution in [-0.4, -0.2) is 74.3 Å². The Morgan fingerprint density at radius 1 is 1.00 bits per heavy atom. The van der Waals surface area contributed by atoms with E-state index in [9.17, 15) is 17.6 Å². The summed E-state index contributed by atoms with van der Waals surface area (Å²) in [5.41, 5.74) is 2.03. The fourth-order valence-corrected chi connectivity index (χ4v) is 6.67. The number of aromatic nitrogens is 2. The van der Waals surface area contributed by atoms with Crippen molar-refractivity contribution in [1.82, 2.24) is 19.6 Å². The number of nitrogens with one attached hydrogen (secondary N) is 1. The van der Waals surface area contributed by atoms with E-state index in [1.165, 1.54) is 16.4 Å².